The van der Waals surface area contributed by atoms with E-state index in [-0.39, 0.29) is 5.75 Å². The first kappa shape index (κ1) is 19.9. The molecule has 154 valence electrons. The SMILES string of the molecule is CN(C)S(=O)(=O)Cc1cnnc(Nc2ccc3ncc(-c4cnn(C)c4)cc3n2)c1. The fourth-order valence-corrected chi connectivity index (χ4v) is 3.66. The van der Waals surface area contributed by atoms with Crippen molar-refractivity contribution in [2.45, 2.75) is 5.75 Å². The quantitative estimate of drug-likeness (QED) is 0.499. The number of rotatable bonds is 6. The molecule has 0 fully saturated rings. The van der Waals surface area contributed by atoms with Gasteiger partial charge in [0.1, 0.15) is 5.82 Å². The third kappa shape index (κ3) is 4.26. The van der Waals surface area contributed by atoms with E-state index >= 15 is 0 Å². The molecule has 0 radical (unpaired) electrons. The van der Waals surface area contributed by atoms with E-state index in [9.17, 15) is 8.42 Å². The van der Waals surface area contributed by atoms with E-state index in [1.807, 2.05) is 25.4 Å². The molecule has 0 aromatic carbocycles. The lowest BCUT2D eigenvalue weighted by molar-refractivity contribution is 0.519. The van der Waals surface area contributed by atoms with Crippen molar-refractivity contribution < 1.29 is 8.42 Å². The lowest BCUT2D eigenvalue weighted by atomic mass is 10.1. The maximum absolute atomic E-state index is 12.1. The molecule has 11 heteroatoms. The van der Waals surface area contributed by atoms with E-state index in [0.717, 1.165) is 16.6 Å². The van der Waals surface area contributed by atoms with Gasteiger partial charge in [0, 0.05) is 44.7 Å². The third-order valence-electron chi connectivity index (χ3n) is 4.45. The lowest BCUT2D eigenvalue weighted by Gasteiger charge is -2.11. The molecule has 0 saturated heterocycles. The Balaban J connectivity index is 1.60. The number of sulfonamides is 1. The average Bonchev–Trinajstić information content (AvgIpc) is 3.13. The van der Waals surface area contributed by atoms with Crippen LogP contribution in [0.1, 0.15) is 5.56 Å². The van der Waals surface area contributed by atoms with E-state index in [0.29, 0.717) is 22.7 Å². The van der Waals surface area contributed by atoms with E-state index in [2.05, 4.69) is 30.6 Å². The second-order valence-electron chi connectivity index (χ2n) is 6.97. The Kier molecular flexibility index (Phi) is 5.14. The molecule has 4 heterocycles. The summed E-state index contributed by atoms with van der Waals surface area (Å²) < 4.78 is 27.1. The first-order valence-corrected chi connectivity index (χ1v) is 10.7. The molecular formula is C19H20N8O2S. The second-order valence-corrected chi connectivity index (χ2v) is 9.16. The highest BCUT2D eigenvalue weighted by Crippen LogP contribution is 2.23. The first-order valence-electron chi connectivity index (χ1n) is 9.05. The van der Waals surface area contributed by atoms with Gasteiger partial charge in [-0.25, -0.2) is 17.7 Å². The zero-order valence-corrected chi connectivity index (χ0v) is 17.5. The first-order chi connectivity index (χ1) is 14.3. The Morgan fingerprint density at radius 1 is 1.03 bits per heavy atom. The molecule has 1 N–H and O–H groups in total. The van der Waals surface area contributed by atoms with Gasteiger partial charge in [0.2, 0.25) is 10.0 Å². The molecule has 10 nitrogen and oxygen atoms in total. The van der Waals surface area contributed by atoms with Crippen molar-refractivity contribution in [2.75, 3.05) is 19.4 Å². The van der Waals surface area contributed by atoms with Crippen LogP contribution in [0, 0.1) is 0 Å². The molecule has 0 amide bonds. The van der Waals surface area contributed by atoms with E-state index in [1.54, 1.807) is 29.2 Å². The zero-order valence-electron chi connectivity index (χ0n) is 16.7. The third-order valence-corrected chi connectivity index (χ3v) is 6.26. The Morgan fingerprint density at radius 3 is 2.60 bits per heavy atom. The van der Waals surface area contributed by atoms with Gasteiger partial charge < -0.3 is 5.32 Å². The van der Waals surface area contributed by atoms with Crippen molar-refractivity contribution >= 4 is 32.7 Å². The molecule has 0 unspecified atom stereocenters. The van der Waals surface area contributed by atoms with Crippen LogP contribution in [0.15, 0.2) is 49.1 Å². The summed E-state index contributed by atoms with van der Waals surface area (Å²) in [5.74, 6) is 0.799. The Bertz CT molecular complexity index is 1320. The maximum Gasteiger partial charge on any atom is 0.217 e. The van der Waals surface area contributed by atoms with Gasteiger partial charge in [-0.15, -0.1) is 5.10 Å². The van der Waals surface area contributed by atoms with Crippen LogP contribution < -0.4 is 5.32 Å². The van der Waals surface area contributed by atoms with Crippen molar-refractivity contribution in [3.8, 4) is 11.1 Å². The number of fused-ring (bicyclic) bond motifs is 1. The second kappa shape index (κ2) is 7.76. The summed E-state index contributed by atoms with van der Waals surface area (Å²) in [5.41, 5.74) is 3.86. The summed E-state index contributed by atoms with van der Waals surface area (Å²) in [7, 11) is 1.46. The summed E-state index contributed by atoms with van der Waals surface area (Å²) in [4.78, 5) is 9.06. The number of nitrogens with zero attached hydrogens (tertiary/aromatic N) is 7. The smallest absolute Gasteiger partial charge is 0.217 e. The molecule has 4 aromatic heterocycles. The van der Waals surface area contributed by atoms with Gasteiger partial charge in [0.25, 0.3) is 0 Å². The van der Waals surface area contributed by atoms with Gasteiger partial charge in [0.05, 0.1) is 29.2 Å². The highest BCUT2D eigenvalue weighted by atomic mass is 32.2. The van der Waals surface area contributed by atoms with E-state index in [4.69, 9.17) is 0 Å². The topological polar surface area (TPSA) is 119 Å². The number of nitrogens with one attached hydrogen (secondary N) is 1. The molecule has 30 heavy (non-hydrogen) atoms. The predicted octanol–water partition coefficient (Wildman–Crippen LogP) is 1.96. The number of hydrogen-bond acceptors (Lipinski definition) is 8. The molecule has 0 aliphatic heterocycles. The van der Waals surface area contributed by atoms with Crippen LogP contribution in [0.25, 0.3) is 22.2 Å². The van der Waals surface area contributed by atoms with Crippen molar-refractivity contribution in [2.24, 2.45) is 7.05 Å². The van der Waals surface area contributed by atoms with Gasteiger partial charge in [-0.3, -0.25) is 9.67 Å². The highest BCUT2D eigenvalue weighted by molar-refractivity contribution is 7.88. The van der Waals surface area contributed by atoms with E-state index in [1.165, 1.54) is 24.6 Å². The van der Waals surface area contributed by atoms with Crippen molar-refractivity contribution in [3.05, 3.63) is 54.6 Å². The fraction of sp³-hybridized carbons (Fsp3) is 0.211. The molecule has 0 aliphatic rings. The van der Waals surface area contributed by atoms with Crippen LogP contribution in [0.2, 0.25) is 0 Å². The zero-order chi connectivity index (χ0) is 21.3. The lowest BCUT2D eigenvalue weighted by Crippen LogP contribution is -2.23. The van der Waals surface area contributed by atoms with Crippen LogP contribution in [0.4, 0.5) is 11.6 Å². The van der Waals surface area contributed by atoms with Gasteiger partial charge in [-0.1, -0.05) is 0 Å². The highest BCUT2D eigenvalue weighted by Gasteiger charge is 2.15. The fourth-order valence-electron chi connectivity index (χ4n) is 2.82. The summed E-state index contributed by atoms with van der Waals surface area (Å²) in [5, 5.41) is 15.2. The monoisotopic (exact) mass is 424 g/mol. The standard InChI is InChI=1S/C19H20N8O2S/c1-26(2)30(28,29)12-13-6-19(25-21-8-13)24-18-5-4-16-17(23-18)7-14(9-20-16)15-10-22-27(3)11-15/h4-11H,12H2,1-3H3,(H,23,24,25). The van der Waals surface area contributed by atoms with Gasteiger partial charge in [-0.2, -0.15) is 10.2 Å². The Hall–Kier alpha value is -3.44. The summed E-state index contributed by atoms with van der Waals surface area (Å²) >= 11 is 0. The minimum absolute atomic E-state index is 0.159. The van der Waals surface area contributed by atoms with Gasteiger partial charge in [0.15, 0.2) is 5.82 Å². The number of aryl methyl sites for hydroxylation is 1. The maximum atomic E-state index is 12.1. The van der Waals surface area contributed by atoms with Crippen LogP contribution >= 0.6 is 0 Å². The van der Waals surface area contributed by atoms with Gasteiger partial charge >= 0.3 is 0 Å². The van der Waals surface area contributed by atoms with Crippen LogP contribution in [-0.4, -0.2) is 56.8 Å². The Labute approximate surface area is 173 Å². The number of hydrogen-bond donors (Lipinski definition) is 1. The Morgan fingerprint density at radius 2 is 1.87 bits per heavy atom. The molecular weight excluding hydrogens is 404 g/mol. The van der Waals surface area contributed by atoms with Crippen LogP contribution in [0.3, 0.4) is 0 Å². The largest absolute Gasteiger partial charge is 0.323 e. The van der Waals surface area contributed by atoms with Crippen molar-refractivity contribution in [1.82, 2.24) is 34.3 Å². The minimum atomic E-state index is -3.39. The molecule has 0 spiro atoms. The molecule has 4 rings (SSSR count). The molecule has 0 atom stereocenters. The molecule has 0 aliphatic carbocycles. The van der Waals surface area contributed by atoms with Gasteiger partial charge in [-0.05, 0) is 29.8 Å². The predicted molar refractivity (Wildman–Crippen MR) is 113 cm³/mol. The average molecular weight is 424 g/mol. The normalized spacial score (nSPS) is 11.9. The molecule has 4 aromatic rings. The van der Waals surface area contributed by atoms with E-state index < -0.39 is 10.0 Å². The van der Waals surface area contributed by atoms with Crippen molar-refractivity contribution in [1.29, 1.82) is 0 Å². The molecule has 0 saturated carbocycles. The number of pyridine rings is 2. The summed E-state index contributed by atoms with van der Waals surface area (Å²) in [6.07, 6.45) is 6.90. The molecule has 0 bridgehead atoms. The minimum Gasteiger partial charge on any atom is -0.323 e. The van der Waals surface area contributed by atoms with Crippen LogP contribution in [0.5, 0.6) is 0 Å². The van der Waals surface area contributed by atoms with Crippen LogP contribution in [-0.2, 0) is 22.8 Å². The van der Waals surface area contributed by atoms with Crippen molar-refractivity contribution in [3.63, 3.8) is 0 Å². The number of aromatic nitrogens is 6. The summed E-state index contributed by atoms with van der Waals surface area (Å²) in [6.45, 7) is 0. The number of anilines is 2. The summed E-state index contributed by atoms with van der Waals surface area (Å²) in [6, 6.07) is 7.22.